The van der Waals surface area contributed by atoms with Gasteiger partial charge in [0.1, 0.15) is 5.82 Å². The molecule has 2 aromatic carbocycles. The molecule has 0 saturated carbocycles. The lowest BCUT2D eigenvalue weighted by atomic mass is 10.1. The summed E-state index contributed by atoms with van der Waals surface area (Å²) in [5.41, 5.74) is 1.42. The highest BCUT2D eigenvalue weighted by molar-refractivity contribution is 7.18. The van der Waals surface area contributed by atoms with Crippen LogP contribution in [-0.4, -0.2) is 23.5 Å². The van der Waals surface area contributed by atoms with Crippen LogP contribution in [0.3, 0.4) is 0 Å². The fourth-order valence-corrected chi connectivity index (χ4v) is 4.06. The SMILES string of the molecule is Cc1cc(NC(=O)c2ccc(F)cc2Cl)sc1C(=O)NCC(O)c1ccc(Cl)cc1. The number of nitrogens with one attached hydrogen (secondary N) is 2. The van der Waals surface area contributed by atoms with Crippen LogP contribution in [0.5, 0.6) is 0 Å². The van der Waals surface area contributed by atoms with Crippen LogP contribution >= 0.6 is 34.5 Å². The number of amides is 2. The second-order valence-corrected chi connectivity index (χ2v) is 8.37. The molecule has 0 aliphatic rings. The molecule has 2 amide bonds. The molecule has 156 valence electrons. The first-order valence-electron chi connectivity index (χ1n) is 8.83. The Labute approximate surface area is 186 Å². The van der Waals surface area contributed by atoms with Crippen LogP contribution in [0.25, 0.3) is 0 Å². The van der Waals surface area contributed by atoms with Crippen LogP contribution in [-0.2, 0) is 0 Å². The minimum absolute atomic E-state index is 0.00469. The normalized spacial score (nSPS) is 11.8. The molecule has 30 heavy (non-hydrogen) atoms. The number of benzene rings is 2. The minimum atomic E-state index is -0.883. The van der Waals surface area contributed by atoms with E-state index in [9.17, 15) is 19.1 Å². The zero-order valence-electron chi connectivity index (χ0n) is 15.7. The van der Waals surface area contributed by atoms with Gasteiger partial charge in [-0.25, -0.2) is 4.39 Å². The minimum Gasteiger partial charge on any atom is -0.387 e. The van der Waals surface area contributed by atoms with Crippen molar-refractivity contribution in [3.05, 3.63) is 86.0 Å². The zero-order chi connectivity index (χ0) is 21.8. The zero-order valence-corrected chi connectivity index (χ0v) is 18.0. The molecule has 3 rings (SSSR count). The number of hydrogen-bond donors (Lipinski definition) is 3. The number of rotatable bonds is 6. The van der Waals surface area contributed by atoms with Gasteiger partial charge in [-0.3, -0.25) is 9.59 Å². The van der Waals surface area contributed by atoms with Crippen LogP contribution in [0.4, 0.5) is 9.39 Å². The summed E-state index contributed by atoms with van der Waals surface area (Å²) in [5.74, 6) is -1.42. The van der Waals surface area contributed by atoms with Crippen LogP contribution in [0.15, 0.2) is 48.5 Å². The summed E-state index contributed by atoms with van der Waals surface area (Å²) in [6, 6.07) is 11.8. The maximum Gasteiger partial charge on any atom is 0.261 e. The lowest BCUT2D eigenvalue weighted by Gasteiger charge is -2.12. The van der Waals surface area contributed by atoms with Gasteiger partial charge in [-0.2, -0.15) is 0 Å². The van der Waals surface area contributed by atoms with Gasteiger partial charge < -0.3 is 15.7 Å². The first-order valence-corrected chi connectivity index (χ1v) is 10.4. The summed E-state index contributed by atoms with van der Waals surface area (Å²) in [4.78, 5) is 25.3. The third-order valence-electron chi connectivity index (χ3n) is 4.25. The van der Waals surface area contributed by atoms with E-state index in [0.717, 1.165) is 23.5 Å². The molecule has 0 saturated heterocycles. The molecule has 5 nitrogen and oxygen atoms in total. The molecule has 3 aromatic rings. The number of halogens is 3. The first kappa shape index (κ1) is 22.2. The Morgan fingerprint density at radius 2 is 1.80 bits per heavy atom. The molecule has 0 bridgehead atoms. The number of aliphatic hydroxyl groups is 1. The molecule has 0 spiro atoms. The predicted octanol–water partition coefficient (Wildman–Crippen LogP) is 5.22. The fourth-order valence-electron chi connectivity index (χ4n) is 2.69. The van der Waals surface area contributed by atoms with E-state index in [4.69, 9.17) is 23.2 Å². The molecule has 0 aliphatic carbocycles. The van der Waals surface area contributed by atoms with Gasteiger partial charge in [-0.15, -0.1) is 11.3 Å². The topological polar surface area (TPSA) is 78.4 Å². The molecular formula is C21H17Cl2FN2O3S. The third-order valence-corrected chi connectivity index (χ3v) is 5.96. The van der Waals surface area contributed by atoms with E-state index in [2.05, 4.69) is 10.6 Å². The van der Waals surface area contributed by atoms with E-state index in [1.165, 1.54) is 6.07 Å². The van der Waals surface area contributed by atoms with Crippen molar-refractivity contribution < 1.29 is 19.1 Å². The molecule has 9 heteroatoms. The maximum absolute atomic E-state index is 13.2. The van der Waals surface area contributed by atoms with E-state index in [-0.39, 0.29) is 23.0 Å². The number of aliphatic hydroxyl groups excluding tert-OH is 1. The summed E-state index contributed by atoms with van der Waals surface area (Å²) in [6.07, 6.45) is -0.883. The molecule has 0 aliphatic heterocycles. The van der Waals surface area contributed by atoms with Gasteiger partial charge in [0.15, 0.2) is 0 Å². The van der Waals surface area contributed by atoms with Crippen LogP contribution in [0.2, 0.25) is 10.0 Å². The third kappa shape index (κ3) is 5.37. The number of carbonyl (C=O) groups excluding carboxylic acids is 2. The second kappa shape index (κ2) is 9.57. The average molecular weight is 467 g/mol. The molecule has 1 atom stereocenters. The highest BCUT2D eigenvalue weighted by atomic mass is 35.5. The van der Waals surface area contributed by atoms with E-state index >= 15 is 0 Å². The average Bonchev–Trinajstić information content (AvgIpc) is 3.06. The molecule has 0 fully saturated rings. The summed E-state index contributed by atoms with van der Waals surface area (Å²) >= 11 is 12.8. The maximum atomic E-state index is 13.2. The van der Waals surface area contributed by atoms with Crippen LogP contribution in [0, 0.1) is 12.7 Å². The molecule has 1 heterocycles. The Bertz CT molecular complexity index is 1090. The number of hydrogen-bond acceptors (Lipinski definition) is 4. The van der Waals surface area contributed by atoms with Crippen molar-refractivity contribution in [3.8, 4) is 0 Å². The van der Waals surface area contributed by atoms with Crippen molar-refractivity contribution in [3.63, 3.8) is 0 Å². The number of carbonyl (C=O) groups is 2. The smallest absolute Gasteiger partial charge is 0.261 e. The van der Waals surface area contributed by atoms with Gasteiger partial charge in [0.25, 0.3) is 11.8 Å². The van der Waals surface area contributed by atoms with Crippen molar-refractivity contribution >= 4 is 51.4 Å². The Hall–Kier alpha value is -2.45. The highest BCUT2D eigenvalue weighted by Gasteiger charge is 2.18. The molecule has 0 radical (unpaired) electrons. The standard InChI is InChI=1S/C21H17Cl2FN2O3S/c1-11-8-18(26-20(28)15-7-6-14(24)9-16(15)23)30-19(11)21(29)25-10-17(27)12-2-4-13(22)5-3-12/h2-9,17,27H,10H2,1H3,(H,25,29)(H,26,28). The molecule has 1 unspecified atom stereocenters. The molecule has 1 aromatic heterocycles. The number of thiophene rings is 1. The Kier molecular flexibility index (Phi) is 7.10. The lowest BCUT2D eigenvalue weighted by molar-refractivity contribution is 0.0919. The monoisotopic (exact) mass is 466 g/mol. The highest BCUT2D eigenvalue weighted by Crippen LogP contribution is 2.28. The largest absolute Gasteiger partial charge is 0.387 e. The van der Waals surface area contributed by atoms with Crippen molar-refractivity contribution in [1.29, 1.82) is 0 Å². The van der Waals surface area contributed by atoms with Crippen LogP contribution < -0.4 is 10.6 Å². The predicted molar refractivity (Wildman–Crippen MR) is 117 cm³/mol. The Balaban J connectivity index is 1.64. The van der Waals surface area contributed by atoms with Gasteiger partial charge >= 0.3 is 0 Å². The number of anilines is 1. The van der Waals surface area contributed by atoms with Crippen molar-refractivity contribution in [2.24, 2.45) is 0 Å². The first-order chi connectivity index (χ1) is 14.2. The fraction of sp³-hybridized carbons (Fsp3) is 0.143. The van der Waals surface area contributed by atoms with Crippen LogP contribution in [0.1, 0.15) is 37.3 Å². The van der Waals surface area contributed by atoms with E-state index < -0.39 is 17.8 Å². The molecular weight excluding hydrogens is 450 g/mol. The summed E-state index contributed by atoms with van der Waals surface area (Å²) in [5, 5.41) is 16.6. The molecule has 3 N–H and O–H groups in total. The quantitative estimate of drug-likeness (QED) is 0.465. The van der Waals surface area contributed by atoms with Gasteiger partial charge in [0.05, 0.1) is 26.6 Å². The van der Waals surface area contributed by atoms with Gasteiger partial charge in [0, 0.05) is 11.6 Å². The van der Waals surface area contributed by atoms with Gasteiger partial charge in [-0.1, -0.05) is 35.3 Å². The van der Waals surface area contributed by atoms with Gasteiger partial charge in [0.2, 0.25) is 0 Å². The number of aryl methyl sites for hydroxylation is 1. The van der Waals surface area contributed by atoms with E-state index in [0.29, 0.717) is 26.0 Å². The van der Waals surface area contributed by atoms with E-state index in [1.54, 1.807) is 37.3 Å². The lowest BCUT2D eigenvalue weighted by Crippen LogP contribution is -2.28. The summed E-state index contributed by atoms with van der Waals surface area (Å²) < 4.78 is 13.2. The Morgan fingerprint density at radius 3 is 2.47 bits per heavy atom. The van der Waals surface area contributed by atoms with E-state index in [1.807, 2.05) is 0 Å². The van der Waals surface area contributed by atoms with Gasteiger partial charge in [-0.05, 0) is 54.4 Å². The summed E-state index contributed by atoms with van der Waals surface area (Å²) in [6.45, 7) is 1.76. The summed E-state index contributed by atoms with van der Waals surface area (Å²) in [7, 11) is 0. The van der Waals surface area contributed by atoms with Crippen molar-refractivity contribution in [2.75, 3.05) is 11.9 Å². The van der Waals surface area contributed by atoms with Crippen molar-refractivity contribution in [1.82, 2.24) is 5.32 Å². The Morgan fingerprint density at radius 1 is 1.10 bits per heavy atom. The van der Waals surface area contributed by atoms with Crippen molar-refractivity contribution in [2.45, 2.75) is 13.0 Å². The second-order valence-electron chi connectivity index (χ2n) is 6.48.